The number of thiol groups is 1. The van der Waals surface area contributed by atoms with E-state index < -0.39 is 8.07 Å². The second-order valence-corrected chi connectivity index (χ2v) is 16.8. The van der Waals surface area contributed by atoms with Crippen LogP contribution in [0.5, 0.6) is 0 Å². The van der Waals surface area contributed by atoms with Gasteiger partial charge in [0.15, 0.2) is 5.69 Å². The molecule has 2 heterocycles. The van der Waals surface area contributed by atoms with Crippen LogP contribution in [0.15, 0.2) is 35.5 Å². The number of carbonyl (C=O) groups is 1. The van der Waals surface area contributed by atoms with Crippen molar-refractivity contribution in [1.29, 1.82) is 5.26 Å². The molecule has 0 spiro atoms. The SMILES string of the molecule is C[Si](C)(C)CCOCn1cc(C#N)nc1C(=O)Nc1ccc(C2CN=C(NS)NC2)cc1C1=CCCCC1. The summed E-state index contributed by atoms with van der Waals surface area (Å²) in [5.41, 5.74) is 4.37. The van der Waals surface area contributed by atoms with Crippen molar-refractivity contribution in [3.8, 4) is 6.07 Å². The smallest absolute Gasteiger partial charge is 0.291 e. The molecule has 1 aromatic carbocycles. The molecule has 1 aromatic heterocycles. The normalized spacial score (nSPS) is 17.6. The van der Waals surface area contributed by atoms with Gasteiger partial charge in [-0.3, -0.25) is 9.79 Å². The number of imidazole rings is 1. The zero-order chi connectivity index (χ0) is 27.1. The zero-order valence-electron chi connectivity index (χ0n) is 22.4. The van der Waals surface area contributed by atoms with Gasteiger partial charge < -0.3 is 24.7 Å². The van der Waals surface area contributed by atoms with Gasteiger partial charge in [-0.05, 0) is 55.0 Å². The van der Waals surface area contributed by atoms with Crippen LogP contribution >= 0.6 is 12.8 Å². The molecule has 0 bridgehead atoms. The maximum atomic E-state index is 13.4. The van der Waals surface area contributed by atoms with Crippen molar-refractivity contribution in [3.05, 3.63) is 53.1 Å². The average molecular weight is 552 g/mol. The Balaban J connectivity index is 1.56. The van der Waals surface area contributed by atoms with Crippen molar-refractivity contribution >= 4 is 44.0 Å². The minimum atomic E-state index is -1.23. The van der Waals surface area contributed by atoms with Crippen molar-refractivity contribution in [2.75, 3.05) is 25.0 Å². The second-order valence-electron chi connectivity index (χ2n) is 11.0. The third kappa shape index (κ3) is 7.27. The minimum Gasteiger partial charge on any atom is -0.361 e. The molecule has 2 aliphatic rings. The molecule has 0 saturated heterocycles. The van der Waals surface area contributed by atoms with E-state index in [0.717, 1.165) is 43.1 Å². The van der Waals surface area contributed by atoms with Crippen LogP contribution < -0.4 is 15.4 Å². The van der Waals surface area contributed by atoms with Crippen molar-refractivity contribution in [2.24, 2.45) is 4.99 Å². The summed E-state index contributed by atoms with van der Waals surface area (Å²) in [5.74, 6) is 0.706. The average Bonchev–Trinajstić information content (AvgIpc) is 3.35. The maximum absolute atomic E-state index is 13.4. The standard InChI is InChI=1S/C27H37N7O2SSi/c1-38(2,3)12-11-36-18-34-17-22(14-28)31-25(34)26(35)32-24-10-9-20(21-15-29-27(33-37)30-16-21)13-23(24)19-7-5-4-6-8-19/h7,9-10,13,17,21,37H,4-6,8,11-12,15-16,18H2,1-3H3,(H,32,35)(H2,29,30,33). The summed E-state index contributed by atoms with van der Waals surface area (Å²) < 4.78 is 10.2. The number of allylic oxidation sites excluding steroid dienone is 2. The number of carbonyl (C=O) groups excluding carboxylic acids is 1. The number of hydrogen-bond acceptors (Lipinski definition) is 8. The van der Waals surface area contributed by atoms with Gasteiger partial charge in [-0.2, -0.15) is 5.26 Å². The van der Waals surface area contributed by atoms with Crippen molar-refractivity contribution in [1.82, 2.24) is 19.6 Å². The van der Waals surface area contributed by atoms with Gasteiger partial charge in [0.1, 0.15) is 12.8 Å². The van der Waals surface area contributed by atoms with Gasteiger partial charge in [0, 0.05) is 44.6 Å². The molecule has 202 valence electrons. The van der Waals surface area contributed by atoms with Crippen molar-refractivity contribution < 1.29 is 9.53 Å². The van der Waals surface area contributed by atoms with E-state index in [9.17, 15) is 10.1 Å². The lowest BCUT2D eigenvalue weighted by Gasteiger charge is -2.25. The van der Waals surface area contributed by atoms with Gasteiger partial charge in [0.25, 0.3) is 5.91 Å². The van der Waals surface area contributed by atoms with Crippen LogP contribution in [0, 0.1) is 11.3 Å². The number of hydrogen-bond donors (Lipinski definition) is 4. The lowest BCUT2D eigenvalue weighted by molar-refractivity contribution is 0.0808. The number of nitriles is 1. The zero-order valence-corrected chi connectivity index (χ0v) is 24.3. The summed E-state index contributed by atoms with van der Waals surface area (Å²) in [5, 5.41) is 15.7. The number of aliphatic imine (C=N–C) groups is 1. The Hall–Kier alpha value is -3.07. The first-order chi connectivity index (χ1) is 18.3. The third-order valence-corrected chi connectivity index (χ3v) is 8.73. The van der Waals surface area contributed by atoms with E-state index in [0.29, 0.717) is 19.1 Å². The highest BCUT2D eigenvalue weighted by Gasteiger charge is 2.22. The predicted octanol–water partition coefficient (Wildman–Crippen LogP) is 4.75. The fourth-order valence-electron chi connectivity index (χ4n) is 4.58. The number of nitrogens with zero attached hydrogens (tertiary/aromatic N) is 4. The van der Waals surface area contributed by atoms with Gasteiger partial charge in [-0.1, -0.05) is 44.6 Å². The molecular weight excluding hydrogens is 514 g/mol. The Morgan fingerprint density at radius 3 is 2.84 bits per heavy atom. The Morgan fingerprint density at radius 1 is 1.34 bits per heavy atom. The van der Waals surface area contributed by atoms with Crippen LogP contribution in [-0.2, 0) is 11.5 Å². The molecule has 4 rings (SSSR count). The minimum absolute atomic E-state index is 0.166. The molecule has 1 amide bonds. The van der Waals surface area contributed by atoms with Crippen LogP contribution in [0.2, 0.25) is 25.7 Å². The molecular formula is C27H37N7O2SSi. The van der Waals surface area contributed by atoms with E-state index in [-0.39, 0.29) is 30.1 Å². The lowest BCUT2D eigenvalue weighted by Crippen LogP contribution is -2.40. The Kier molecular flexibility index (Phi) is 9.30. The maximum Gasteiger partial charge on any atom is 0.291 e. The molecule has 1 atom stereocenters. The highest BCUT2D eigenvalue weighted by atomic mass is 32.1. The molecule has 3 N–H and O–H groups in total. The number of amides is 1. The highest BCUT2D eigenvalue weighted by molar-refractivity contribution is 7.78. The number of rotatable bonds is 9. The van der Waals surface area contributed by atoms with E-state index in [1.54, 1.807) is 10.8 Å². The molecule has 1 aliphatic heterocycles. The molecule has 0 fully saturated rings. The fraction of sp³-hybridized carbons (Fsp3) is 0.481. The first-order valence-corrected chi connectivity index (χ1v) is 17.3. The number of ether oxygens (including phenoxy) is 1. The van der Waals surface area contributed by atoms with E-state index in [1.807, 2.05) is 12.1 Å². The summed E-state index contributed by atoms with van der Waals surface area (Å²) in [6.45, 7) is 9.08. The Morgan fingerprint density at radius 2 is 2.18 bits per heavy atom. The fourth-order valence-corrected chi connectivity index (χ4v) is 5.49. The molecule has 1 unspecified atom stereocenters. The molecule has 38 heavy (non-hydrogen) atoms. The summed E-state index contributed by atoms with van der Waals surface area (Å²) in [6.07, 6.45) is 8.16. The number of anilines is 1. The van der Waals surface area contributed by atoms with E-state index in [4.69, 9.17) is 4.74 Å². The molecule has 9 nitrogen and oxygen atoms in total. The number of benzene rings is 1. The summed E-state index contributed by atoms with van der Waals surface area (Å²) in [6, 6.07) is 9.26. The van der Waals surface area contributed by atoms with Crippen LogP contribution in [0.1, 0.15) is 59.0 Å². The Bertz CT molecular complexity index is 1260. The summed E-state index contributed by atoms with van der Waals surface area (Å²) in [4.78, 5) is 22.2. The summed E-state index contributed by atoms with van der Waals surface area (Å²) in [7, 11) is -1.23. The van der Waals surface area contributed by atoms with Crippen molar-refractivity contribution in [2.45, 2.75) is 64.0 Å². The van der Waals surface area contributed by atoms with Crippen LogP contribution in [0.3, 0.4) is 0 Å². The number of guanidine groups is 1. The first-order valence-electron chi connectivity index (χ1n) is 13.2. The largest absolute Gasteiger partial charge is 0.361 e. The van der Waals surface area contributed by atoms with Crippen molar-refractivity contribution in [3.63, 3.8) is 0 Å². The molecule has 11 heteroatoms. The van der Waals surface area contributed by atoms with Crippen LogP contribution in [0.25, 0.3) is 5.57 Å². The van der Waals surface area contributed by atoms with E-state index in [2.05, 4.69) is 76.0 Å². The number of nitrogens with one attached hydrogen (secondary N) is 3. The molecule has 1 aliphatic carbocycles. The molecule has 2 aromatic rings. The Labute approximate surface area is 231 Å². The predicted molar refractivity (Wildman–Crippen MR) is 157 cm³/mol. The van der Waals surface area contributed by atoms with Crippen LogP contribution in [0.4, 0.5) is 5.69 Å². The molecule has 0 saturated carbocycles. The molecule has 0 radical (unpaired) electrons. The van der Waals surface area contributed by atoms with Crippen LogP contribution in [-0.4, -0.2) is 49.2 Å². The van der Waals surface area contributed by atoms with E-state index >= 15 is 0 Å². The van der Waals surface area contributed by atoms with E-state index in [1.165, 1.54) is 17.6 Å². The van der Waals surface area contributed by atoms with Gasteiger partial charge in [0.05, 0.1) is 6.54 Å². The first kappa shape index (κ1) is 27.9. The second kappa shape index (κ2) is 12.6. The quantitative estimate of drug-likeness (QED) is 0.203. The highest BCUT2D eigenvalue weighted by Crippen LogP contribution is 2.34. The number of aromatic nitrogens is 2. The van der Waals surface area contributed by atoms with Gasteiger partial charge in [0.2, 0.25) is 11.8 Å². The topological polar surface area (TPSA) is 116 Å². The van der Waals surface area contributed by atoms with Gasteiger partial charge in [-0.25, -0.2) is 4.98 Å². The monoisotopic (exact) mass is 551 g/mol. The third-order valence-electron chi connectivity index (χ3n) is 6.81. The van der Waals surface area contributed by atoms with Gasteiger partial charge >= 0.3 is 0 Å². The lowest BCUT2D eigenvalue weighted by atomic mass is 9.88. The summed E-state index contributed by atoms with van der Waals surface area (Å²) >= 11 is 4.07. The van der Waals surface area contributed by atoms with Gasteiger partial charge in [-0.15, -0.1) is 0 Å².